The first-order chi connectivity index (χ1) is 12.5. The van der Waals surface area contributed by atoms with Crippen LogP contribution in [-0.2, 0) is 4.79 Å². The summed E-state index contributed by atoms with van der Waals surface area (Å²) in [6.07, 6.45) is 3.10. The molecule has 5 nitrogen and oxygen atoms in total. The molecule has 3 aromatic rings. The molecule has 3 rings (SSSR count). The van der Waals surface area contributed by atoms with Crippen molar-refractivity contribution in [1.82, 2.24) is 9.97 Å². The fraction of sp³-hybridized carbons (Fsp3) is 0. The van der Waals surface area contributed by atoms with Gasteiger partial charge in [-0.3, -0.25) is 9.78 Å². The summed E-state index contributed by atoms with van der Waals surface area (Å²) in [4.78, 5) is 20.9. The highest BCUT2D eigenvalue weighted by Gasteiger charge is 2.12. The molecule has 1 aromatic carbocycles. The first-order valence-corrected chi connectivity index (χ1v) is 8.95. The standard InChI is InChI=1S/C18H10Cl2N4OS/c19-12-6-13(20)8-14(7-12)23-17(25)11(9-21)5-15-10-26-18(24-15)16-3-1-2-4-22-16/h1-8,10H,(H,23,25). The Kier molecular flexibility index (Phi) is 5.64. The van der Waals surface area contributed by atoms with Crippen molar-refractivity contribution in [2.75, 3.05) is 5.32 Å². The molecule has 0 aliphatic rings. The lowest BCUT2D eigenvalue weighted by Gasteiger charge is -2.05. The smallest absolute Gasteiger partial charge is 0.266 e. The normalized spacial score (nSPS) is 11.0. The van der Waals surface area contributed by atoms with E-state index in [0.29, 0.717) is 26.4 Å². The quantitative estimate of drug-likeness (QED) is 0.490. The number of amides is 1. The van der Waals surface area contributed by atoms with E-state index in [-0.39, 0.29) is 5.57 Å². The summed E-state index contributed by atoms with van der Waals surface area (Å²) >= 11 is 13.2. The van der Waals surface area contributed by atoms with Crippen molar-refractivity contribution in [2.45, 2.75) is 0 Å². The van der Waals surface area contributed by atoms with Crippen LogP contribution in [0.5, 0.6) is 0 Å². The molecule has 0 radical (unpaired) electrons. The van der Waals surface area contributed by atoms with E-state index in [1.54, 1.807) is 29.8 Å². The van der Waals surface area contributed by atoms with Gasteiger partial charge in [0.2, 0.25) is 0 Å². The molecule has 128 valence electrons. The number of hydrogen-bond acceptors (Lipinski definition) is 5. The molecule has 1 N–H and O–H groups in total. The molecule has 2 heterocycles. The zero-order valence-corrected chi connectivity index (χ0v) is 15.4. The molecule has 2 aromatic heterocycles. The molecule has 0 atom stereocenters. The topological polar surface area (TPSA) is 78.7 Å². The number of carbonyl (C=O) groups excluding carboxylic acids is 1. The first-order valence-electron chi connectivity index (χ1n) is 7.31. The summed E-state index contributed by atoms with van der Waals surface area (Å²) in [6.45, 7) is 0. The summed E-state index contributed by atoms with van der Waals surface area (Å²) in [5.41, 5.74) is 1.56. The van der Waals surface area contributed by atoms with Gasteiger partial charge in [-0.05, 0) is 36.4 Å². The van der Waals surface area contributed by atoms with Gasteiger partial charge in [0.25, 0.3) is 5.91 Å². The van der Waals surface area contributed by atoms with E-state index in [1.165, 1.54) is 17.4 Å². The molecule has 0 unspecified atom stereocenters. The number of benzene rings is 1. The van der Waals surface area contributed by atoms with E-state index in [9.17, 15) is 10.1 Å². The monoisotopic (exact) mass is 400 g/mol. The molecule has 0 fully saturated rings. The number of nitriles is 1. The van der Waals surface area contributed by atoms with Crippen LogP contribution in [0.3, 0.4) is 0 Å². The van der Waals surface area contributed by atoms with E-state index in [2.05, 4.69) is 15.3 Å². The van der Waals surface area contributed by atoms with Gasteiger partial charge in [0.15, 0.2) is 0 Å². The molecule has 0 aliphatic heterocycles. The second-order valence-electron chi connectivity index (χ2n) is 5.07. The molecule has 26 heavy (non-hydrogen) atoms. The number of nitrogens with one attached hydrogen (secondary N) is 1. The maximum absolute atomic E-state index is 12.3. The first kappa shape index (κ1) is 18.1. The highest BCUT2D eigenvalue weighted by Crippen LogP contribution is 2.24. The van der Waals surface area contributed by atoms with Crippen molar-refractivity contribution in [1.29, 1.82) is 5.26 Å². The molecule has 0 bridgehead atoms. The van der Waals surface area contributed by atoms with Crippen LogP contribution in [-0.4, -0.2) is 15.9 Å². The summed E-state index contributed by atoms with van der Waals surface area (Å²) in [6, 6.07) is 12.0. The summed E-state index contributed by atoms with van der Waals surface area (Å²) in [7, 11) is 0. The number of nitrogens with zero attached hydrogens (tertiary/aromatic N) is 3. The Morgan fingerprint density at radius 2 is 2.00 bits per heavy atom. The van der Waals surface area contributed by atoms with Gasteiger partial charge < -0.3 is 5.32 Å². The molecule has 0 saturated carbocycles. The lowest BCUT2D eigenvalue weighted by Crippen LogP contribution is -2.13. The van der Waals surface area contributed by atoms with Crippen molar-refractivity contribution in [3.63, 3.8) is 0 Å². The molecule has 8 heteroatoms. The van der Waals surface area contributed by atoms with E-state index in [1.807, 2.05) is 24.3 Å². The lowest BCUT2D eigenvalue weighted by molar-refractivity contribution is -0.112. The van der Waals surface area contributed by atoms with Gasteiger partial charge in [-0.1, -0.05) is 29.3 Å². The third-order valence-corrected chi connectivity index (χ3v) is 4.50. The van der Waals surface area contributed by atoms with E-state index in [4.69, 9.17) is 23.2 Å². The van der Waals surface area contributed by atoms with Crippen LogP contribution in [0.4, 0.5) is 5.69 Å². The lowest BCUT2D eigenvalue weighted by atomic mass is 10.2. The number of carbonyl (C=O) groups is 1. The number of halogens is 2. The van der Waals surface area contributed by atoms with E-state index >= 15 is 0 Å². The van der Waals surface area contributed by atoms with E-state index in [0.717, 1.165) is 5.69 Å². The van der Waals surface area contributed by atoms with Gasteiger partial charge >= 0.3 is 0 Å². The summed E-state index contributed by atoms with van der Waals surface area (Å²) in [5, 5.41) is 15.1. The Morgan fingerprint density at radius 1 is 1.23 bits per heavy atom. The van der Waals surface area contributed by atoms with Crippen molar-refractivity contribution in [2.24, 2.45) is 0 Å². The Balaban J connectivity index is 1.81. The number of thiazole rings is 1. The molecular formula is C18H10Cl2N4OS. The average Bonchev–Trinajstić information content (AvgIpc) is 3.08. The summed E-state index contributed by atoms with van der Waals surface area (Å²) < 4.78 is 0. The van der Waals surface area contributed by atoms with Crippen molar-refractivity contribution < 1.29 is 4.79 Å². The molecule has 0 saturated heterocycles. The van der Waals surface area contributed by atoms with Crippen molar-refractivity contribution in [3.05, 3.63) is 69.3 Å². The van der Waals surface area contributed by atoms with Gasteiger partial charge in [0, 0.05) is 27.3 Å². The Labute approximate surface area is 163 Å². The van der Waals surface area contributed by atoms with Crippen molar-refractivity contribution in [3.8, 4) is 16.8 Å². The van der Waals surface area contributed by atoms with Crippen LogP contribution in [0.25, 0.3) is 16.8 Å². The predicted molar refractivity (Wildman–Crippen MR) is 104 cm³/mol. The number of aromatic nitrogens is 2. The number of hydrogen-bond donors (Lipinski definition) is 1. The Hall–Kier alpha value is -2.72. The van der Waals surface area contributed by atoms with Crippen molar-refractivity contribution >= 4 is 52.2 Å². The van der Waals surface area contributed by atoms with E-state index < -0.39 is 5.91 Å². The minimum Gasteiger partial charge on any atom is -0.321 e. The van der Waals surface area contributed by atoms with Gasteiger partial charge in [-0.25, -0.2) is 4.98 Å². The van der Waals surface area contributed by atoms with Gasteiger partial charge in [0.1, 0.15) is 16.6 Å². The molecular weight excluding hydrogens is 391 g/mol. The van der Waals surface area contributed by atoms with Crippen LogP contribution in [0.1, 0.15) is 5.69 Å². The zero-order chi connectivity index (χ0) is 18.5. The SMILES string of the molecule is N#CC(=Cc1csc(-c2ccccn2)n1)C(=O)Nc1cc(Cl)cc(Cl)c1. The number of pyridine rings is 1. The Morgan fingerprint density at radius 3 is 2.65 bits per heavy atom. The third kappa shape index (κ3) is 4.46. The highest BCUT2D eigenvalue weighted by atomic mass is 35.5. The van der Waals surface area contributed by atoms with Crippen LogP contribution in [0.2, 0.25) is 10.0 Å². The van der Waals surface area contributed by atoms with Crippen LogP contribution in [0, 0.1) is 11.3 Å². The molecule has 0 aliphatic carbocycles. The molecule has 1 amide bonds. The van der Waals surface area contributed by atoms with Crippen LogP contribution < -0.4 is 5.32 Å². The fourth-order valence-electron chi connectivity index (χ4n) is 2.08. The zero-order valence-electron chi connectivity index (χ0n) is 13.1. The van der Waals surface area contributed by atoms with Crippen LogP contribution in [0.15, 0.2) is 53.5 Å². The number of rotatable bonds is 4. The number of anilines is 1. The van der Waals surface area contributed by atoms with Gasteiger partial charge in [0.05, 0.1) is 11.4 Å². The highest BCUT2D eigenvalue weighted by molar-refractivity contribution is 7.13. The largest absolute Gasteiger partial charge is 0.321 e. The predicted octanol–water partition coefficient (Wildman–Crippen LogP) is 5.06. The van der Waals surface area contributed by atoms with Crippen LogP contribution >= 0.6 is 34.5 Å². The maximum Gasteiger partial charge on any atom is 0.266 e. The second kappa shape index (κ2) is 8.11. The average molecular weight is 401 g/mol. The summed E-state index contributed by atoms with van der Waals surface area (Å²) in [5.74, 6) is -0.571. The van der Waals surface area contributed by atoms with Gasteiger partial charge in [-0.2, -0.15) is 5.26 Å². The fourth-order valence-corrected chi connectivity index (χ4v) is 3.36. The molecule has 0 spiro atoms. The minimum absolute atomic E-state index is 0.0843. The van der Waals surface area contributed by atoms with Gasteiger partial charge in [-0.15, -0.1) is 11.3 Å². The second-order valence-corrected chi connectivity index (χ2v) is 6.81. The third-order valence-electron chi connectivity index (χ3n) is 3.18. The maximum atomic E-state index is 12.3. The Bertz CT molecular complexity index is 1000. The minimum atomic E-state index is -0.571.